The van der Waals surface area contributed by atoms with Crippen LogP contribution in [0.3, 0.4) is 0 Å². The van der Waals surface area contributed by atoms with Crippen molar-refractivity contribution in [2.45, 2.75) is 19.7 Å². The van der Waals surface area contributed by atoms with E-state index in [-0.39, 0.29) is 6.61 Å². The van der Waals surface area contributed by atoms with Gasteiger partial charge in [0.05, 0.1) is 18.5 Å². The molecule has 0 saturated heterocycles. The Kier molecular flexibility index (Phi) is 3.85. The zero-order chi connectivity index (χ0) is 12.1. The highest BCUT2D eigenvalue weighted by molar-refractivity contribution is 5.21. The molecule has 5 nitrogen and oxygen atoms in total. The summed E-state index contributed by atoms with van der Waals surface area (Å²) in [7, 11) is 1.88. The van der Waals surface area contributed by atoms with Crippen molar-refractivity contribution in [2.75, 3.05) is 0 Å². The van der Waals surface area contributed by atoms with E-state index in [9.17, 15) is 0 Å². The van der Waals surface area contributed by atoms with Crippen molar-refractivity contribution in [1.29, 1.82) is 0 Å². The van der Waals surface area contributed by atoms with Crippen molar-refractivity contribution in [2.24, 2.45) is 7.05 Å². The van der Waals surface area contributed by atoms with E-state index in [2.05, 4.69) is 15.6 Å². The maximum atomic E-state index is 8.93. The molecule has 1 heterocycles. The quantitative estimate of drug-likeness (QED) is 0.792. The lowest BCUT2D eigenvalue weighted by Gasteiger charge is -2.05. The summed E-state index contributed by atoms with van der Waals surface area (Å²) >= 11 is 0. The molecule has 1 aromatic carbocycles. The first-order chi connectivity index (χ1) is 8.29. The third kappa shape index (κ3) is 3.12. The minimum absolute atomic E-state index is 0.0917. The summed E-state index contributed by atoms with van der Waals surface area (Å²) in [6.45, 7) is 1.62. The second-order valence-electron chi connectivity index (χ2n) is 3.93. The van der Waals surface area contributed by atoms with Gasteiger partial charge in [0.1, 0.15) is 0 Å². The molecule has 0 aliphatic heterocycles. The molecule has 5 heteroatoms. The Labute approximate surface area is 100 Å². The average molecular weight is 232 g/mol. The summed E-state index contributed by atoms with van der Waals surface area (Å²) in [6, 6.07) is 7.89. The predicted octanol–water partition coefficient (Wildman–Crippen LogP) is 0.597. The van der Waals surface area contributed by atoms with Crippen LogP contribution in [0.1, 0.15) is 16.8 Å². The van der Waals surface area contributed by atoms with Crippen LogP contribution in [0.2, 0.25) is 0 Å². The fourth-order valence-corrected chi connectivity index (χ4v) is 1.57. The van der Waals surface area contributed by atoms with Gasteiger partial charge in [0.2, 0.25) is 0 Å². The van der Waals surface area contributed by atoms with Crippen molar-refractivity contribution in [3.05, 3.63) is 47.3 Å². The van der Waals surface area contributed by atoms with Crippen LogP contribution in [0, 0.1) is 0 Å². The molecular formula is C12H16N4O. The Bertz CT molecular complexity index is 464. The normalized spacial score (nSPS) is 10.7. The van der Waals surface area contributed by atoms with E-state index in [0.717, 1.165) is 24.3 Å². The summed E-state index contributed by atoms with van der Waals surface area (Å²) in [5.74, 6) is 0. The van der Waals surface area contributed by atoms with Crippen LogP contribution in [0.4, 0.5) is 0 Å². The molecule has 2 N–H and O–H groups in total. The highest BCUT2D eigenvalue weighted by Crippen LogP contribution is 2.04. The molecule has 0 fully saturated rings. The summed E-state index contributed by atoms with van der Waals surface area (Å²) in [6.07, 6.45) is 1.75. The lowest BCUT2D eigenvalue weighted by Crippen LogP contribution is -2.15. The number of hydrogen-bond acceptors (Lipinski definition) is 4. The molecule has 0 aliphatic rings. The first kappa shape index (κ1) is 11.8. The topological polar surface area (TPSA) is 63.0 Å². The number of benzene rings is 1. The number of aliphatic hydroxyl groups is 1. The number of aryl methyl sites for hydroxylation is 1. The van der Waals surface area contributed by atoms with Gasteiger partial charge in [0.25, 0.3) is 0 Å². The number of nitrogens with one attached hydrogen (secondary N) is 1. The Morgan fingerprint density at radius 3 is 2.47 bits per heavy atom. The van der Waals surface area contributed by atoms with Gasteiger partial charge in [-0.1, -0.05) is 29.5 Å². The van der Waals surface area contributed by atoms with Crippen LogP contribution >= 0.6 is 0 Å². The summed E-state index contributed by atoms with van der Waals surface area (Å²) in [5, 5.41) is 19.9. The molecule has 1 aromatic heterocycles. The van der Waals surface area contributed by atoms with Crippen LogP contribution in [0.25, 0.3) is 0 Å². The average Bonchev–Trinajstić information content (AvgIpc) is 2.76. The fourth-order valence-electron chi connectivity index (χ4n) is 1.57. The molecule has 0 amide bonds. The molecule has 0 bridgehead atoms. The summed E-state index contributed by atoms with van der Waals surface area (Å²) < 4.78 is 1.75. The van der Waals surface area contributed by atoms with Crippen molar-refractivity contribution >= 4 is 0 Å². The van der Waals surface area contributed by atoms with E-state index in [1.165, 1.54) is 5.56 Å². The largest absolute Gasteiger partial charge is 0.392 e. The van der Waals surface area contributed by atoms with Gasteiger partial charge >= 0.3 is 0 Å². The van der Waals surface area contributed by atoms with Crippen LogP contribution in [0.5, 0.6) is 0 Å². The molecule has 0 unspecified atom stereocenters. The SMILES string of the molecule is Cn1nncc1CNCc1ccc(CO)cc1. The molecule has 90 valence electrons. The number of nitrogens with zero attached hydrogens (tertiary/aromatic N) is 3. The van der Waals surface area contributed by atoms with E-state index in [1.54, 1.807) is 10.9 Å². The summed E-state index contributed by atoms with van der Waals surface area (Å²) in [4.78, 5) is 0. The Morgan fingerprint density at radius 1 is 1.18 bits per heavy atom. The minimum Gasteiger partial charge on any atom is -0.392 e. The number of aromatic nitrogens is 3. The van der Waals surface area contributed by atoms with Gasteiger partial charge < -0.3 is 10.4 Å². The van der Waals surface area contributed by atoms with E-state index >= 15 is 0 Å². The highest BCUT2D eigenvalue weighted by atomic mass is 16.3. The Balaban J connectivity index is 1.83. The van der Waals surface area contributed by atoms with Gasteiger partial charge in [0.15, 0.2) is 0 Å². The monoisotopic (exact) mass is 232 g/mol. The Hall–Kier alpha value is -1.72. The van der Waals surface area contributed by atoms with Crippen molar-refractivity contribution < 1.29 is 5.11 Å². The third-order valence-corrected chi connectivity index (χ3v) is 2.65. The molecule has 2 aromatic rings. The van der Waals surface area contributed by atoms with Gasteiger partial charge in [0, 0.05) is 20.1 Å². The van der Waals surface area contributed by atoms with E-state index < -0.39 is 0 Å². The maximum absolute atomic E-state index is 8.93. The lowest BCUT2D eigenvalue weighted by molar-refractivity contribution is 0.282. The number of rotatable bonds is 5. The number of aliphatic hydroxyl groups excluding tert-OH is 1. The third-order valence-electron chi connectivity index (χ3n) is 2.65. The first-order valence-electron chi connectivity index (χ1n) is 5.52. The minimum atomic E-state index is 0.0917. The molecule has 0 radical (unpaired) electrons. The predicted molar refractivity (Wildman–Crippen MR) is 63.9 cm³/mol. The van der Waals surface area contributed by atoms with Gasteiger partial charge in [-0.3, -0.25) is 4.68 Å². The van der Waals surface area contributed by atoms with Crippen LogP contribution in [-0.2, 0) is 26.7 Å². The van der Waals surface area contributed by atoms with Gasteiger partial charge in [-0.25, -0.2) is 0 Å². The van der Waals surface area contributed by atoms with Crippen molar-refractivity contribution in [1.82, 2.24) is 20.3 Å². The standard InChI is InChI=1S/C12H16N4O/c1-16-12(8-14-15-16)7-13-6-10-2-4-11(9-17)5-3-10/h2-5,8,13,17H,6-7,9H2,1H3. The zero-order valence-electron chi connectivity index (χ0n) is 9.80. The highest BCUT2D eigenvalue weighted by Gasteiger charge is 1.99. The van der Waals surface area contributed by atoms with Gasteiger partial charge in [-0.2, -0.15) is 0 Å². The van der Waals surface area contributed by atoms with Crippen LogP contribution in [0.15, 0.2) is 30.5 Å². The smallest absolute Gasteiger partial charge is 0.0738 e. The molecular weight excluding hydrogens is 216 g/mol. The number of hydrogen-bond donors (Lipinski definition) is 2. The molecule has 0 atom stereocenters. The first-order valence-corrected chi connectivity index (χ1v) is 5.52. The van der Waals surface area contributed by atoms with E-state index in [0.29, 0.717) is 0 Å². The lowest BCUT2D eigenvalue weighted by atomic mass is 10.1. The second-order valence-corrected chi connectivity index (χ2v) is 3.93. The van der Waals surface area contributed by atoms with Crippen molar-refractivity contribution in [3.8, 4) is 0 Å². The van der Waals surface area contributed by atoms with Gasteiger partial charge in [-0.15, -0.1) is 5.10 Å². The molecule has 2 rings (SSSR count). The van der Waals surface area contributed by atoms with Crippen LogP contribution < -0.4 is 5.32 Å². The molecule has 0 spiro atoms. The Morgan fingerprint density at radius 2 is 1.88 bits per heavy atom. The van der Waals surface area contributed by atoms with Crippen molar-refractivity contribution in [3.63, 3.8) is 0 Å². The summed E-state index contributed by atoms with van der Waals surface area (Å²) in [5.41, 5.74) is 3.18. The molecule has 0 aliphatic carbocycles. The molecule has 0 saturated carbocycles. The second kappa shape index (κ2) is 5.56. The van der Waals surface area contributed by atoms with E-state index in [1.807, 2.05) is 31.3 Å². The van der Waals surface area contributed by atoms with Gasteiger partial charge in [-0.05, 0) is 11.1 Å². The fraction of sp³-hybridized carbons (Fsp3) is 0.333. The van der Waals surface area contributed by atoms with Crippen LogP contribution in [-0.4, -0.2) is 20.1 Å². The van der Waals surface area contributed by atoms with E-state index in [4.69, 9.17) is 5.11 Å². The zero-order valence-corrected chi connectivity index (χ0v) is 9.80. The molecule has 17 heavy (non-hydrogen) atoms. The maximum Gasteiger partial charge on any atom is 0.0738 e.